The maximum Gasteiger partial charge on any atom is 0.257 e. The number of phenols is 1. The molecule has 4 nitrogen and oxygen atoms in total. The largest absolute Gasteiger partial charge is 0.506 e. The zero-order valence-corrected chi connectivity index (χ0v) is 12.9. The number of amides is 1. The van der Waals surface area contributed by atoms with E-state index in [-0.39, 0.29) is 23.3 Å². The number of carbonyl (C=O) groups excluding carboxylic acids is 1. The van der Waals surface area contributed by atoms with E-state index < -0.39 is 0 Å². The number of hydrogen-bond donors (Lipinski definition) is 1. The van der Waals surface area contributed by atoms with Crippen molar-refractivity contribution in [3.8, 4) is 5.75 Å². The normalized spacial score (nSPS) is 16.7. The van der Waals surface area contributed by atoms with Crippen LogP contribution in [0.3, 0.4) is 0 Å². The van der Waals surface area contributed by atoms with Crippen molar-refractivity contribution in [1.29, 1.82) is 0 Å². The molecule has 1 aromatic rings. The highest BCUT2D eigenvalue weighted by atomic mass is 79.9. The highest BCUT2D eigenvalue weighted by Gasteiger charge is 2.25. The standard InChI is InChI=1S/C13H15BrClNO3/c1-19-9-2-4-16(5-3-9)13(18)10-6-8(15)7-11(14)12(10)17/h6-7,9,17H,2-5H2,1H3. The molecule has 0 atom stereocenters. The van der Waals surface area contributed by atoms with Gasteiger partial charge in [0.25, 0.3) is 5.91 Å². The number of ether oxygens (including phenoxy) is 1. The molecular weight excluding hydrogens is 334 g/mol. The lowest BCUT2D eigenvalue weighted by atomic mass is 10.1. The van der Waals surface area contributed by atoms with Crippen LogP contribution in [0.15, 0.2) is 16.6 Å². The molecule has 0 unspecified atom stereocenters. The van der Waals surface area contributed by atoms with Crippen molar-refractivity contribution in [3.63, 3.8) is 0 Å². The third kappa shape index (κ3) is 3.22. The molecule has 6 heteroatoms. The van der Waals surface area contributed by atoms with Crippen LogP contribution in [0.2, 0.25) is 5.02 Å². The molecule has 0 bridgehead atoms. The van der Waals surface area contributed by atoms with Crippen LogP contribution in [0, 0.1) is 0 Å². The van der Waals surface area contributed by atoms with E-state index in [1.54, 1.807) is 18.1 Å². The van der Waals surface area contributed by atoms with E-state index in [1.165, 1.54) is 6.07 Å². The van der Waals surface area contributed by atoms with Gasteiger partial charge in [-0.05, 0) is 40.9 Å². The number of phenolic OH excluding ortho intramolecular Hbond substituents is 1. The number of carbonyl (C=O) groups is 1. The van der Waals surface area contributed by atoms with Crippen LogP contribution < -0.4 is 0 Å². The molecule has 1 heterocycles. The second-order valence-electron chi connectivity index (χ2n) is 4.51. The molecule has 0 aromatic heterocycles. The second kappa shape index (κ2) is 6.11. The molecule has 1 saturated heterocycles. The topological polar surface area (TPSA) is 49.8 Å². The van der Waals surface area contributed by atoms with Crippen molar-refractivity contribution < 1.29 is 14.6 Å². The molecule has 2 rings (SSSR count). The summed E-state index contributed by atoms with van der Waals surface area (Å²) in [5.41, 5.74) is 0.232. The predicted molar refractivity (Wildman–Crippen MR) is 76.8 cm³/mol. The maximum absolute atomic E-state index is 12.4. The molecule has 0 spiro atoms. The summed E-state index contributed by atoms with van der Waals surface area (Å²) in [5.74, 6) is -0.265. The van der Waals surface area contributed by atoms with Gasteiger partial charge in [-0.3, -0.25) is 4.79 Å². The van der Waals surface area contributed by atoms with Gasteiger partial charge in [-0.25, -0.2) is 0 Å². The van der Waals surface area contributed by atoms with Gasteiger partial charge >= 0.3 is 0 Å². The molecular formula is C13H15BrClNO3. The van der Waals surface area contributed by atoms with Crippen LogP contribution in [-0.4, -0.2) is 42.2 Å². The highest BCUT2D eigenvalue weighted by Crippen LogP contribution is 2.32. The number of hydrogen-bond acceptors (Lipinski definition) is 3. The molecule has 0 saturated carbocycles. The monoisotopic (exact) mass is 347 g/mol. The second-order valence-corrected chi connectivity index (χ2v) is 5.80. The molecule has 1 fully saturated rings. The minimum absolute atomic E-state index is 0.0664. The summed E-state index contributed by atoms with van der Waals surface area (Å²) >= 11 is 9.10. The number of methoxy groups -OCH3 is 1. The van der Waals surface area contributed by atoms with E-state index in [9.17, 15) is 9.90 Å². The summed E-state index contributed by atoms with van der Waals surface area (Å²) in [6.45, 7) is 1.25. The van der Waals surface area contributed by atoms with Gasteiger partial charge in [-0.15, -0.1) is 0 Å². The molecule has 1 amide bonds. The van der Waals surface area contributed by atoms with Crippen molar-refractivity contribution in [2.45, 2.75) is 18.9 Å². The molecule has 104 valence electrons. The average Bonchev–Trinajstić information content (AvgIpc) is 2.42. The van der Waals surface area contributed by atoms with Gasteiger partial charge in [0.1, 0.15) is 5.75 Å². The lowest BCUT2D eigenvalue weighted by Crippen LogP contribution is -2.40. The first-order chi connectivity index (χ1) is 9.02. The Morgan fingerprint density at radius 1 is 1.47 bits per heavy atom. The van der Waals surface area contributed by atoms with Crippen molar-refractivity contribution in [2.75, 3.05) is 20.2 Å². The number of rotatable bonds is 2. The highest BCUT2D eigenvalue weighted by molar-refractivity contribution is 9.10. The predicted octanol–water partition coefficient (Wildman–Crippen LogP) is 3.06. The average molecular weight is 349 g/mol. The third-order valence-corrected chi connectivity index (χ3v) is 4.14. The van der Waals surface area contributed by atoms with Gasteiger partial charge in [-0.1, -0.05) is 11.6 Å². The number of halogens is 2. The van der Waals surface area contributed by atoms with Crippen molar-refractivity contribution >= 4 is 33.4 Å². The van der Waals surface area contributed by atoms with Gasteiger partial charge in [0.05, 0.1) is 16.1 Å². The summed E-state index contributed by atoms with van der Waals surface area (Å²) in [6.07, 6.45) is 1.83. The zero-order valence-electron chi connectivity index (χ0n) is 10.5. The van der Waals surface area contributed by atoms with Gasteiger partial charge in [0, 0.05) is 25.2 Å². The van der Waals surface area contributed by atoms with E-state index in [2.05, 4.69) is 15.9 Å². The fourth-order valence-electron chi connectivity index (χ4n) is 2.19. The van der Waals surface area contributed by atoms with Crippen LogP contribution >= 0.6 is 27.5 Å². The lowest BCUT2D eigenvalue weighted by Gasteiger charge is -2.31. The van der Waals surface area contributed by atoms with E-state index in [1.807, 2.05) is 0 Å². The molecule has 0 radical (unpaired) electrons. The molecule has 1 aliphatic rings. The Morgan fingerprint density at radius 2 is 2.11 bits per heavy atom. The summed E-state index contributed by atoms with van der Waals surface area (Å²) in [6, 6.07) is 3.05. The summed E-state index contributed by atoms with van der Waals surface area (Å²) in [7, 11) is 1.68. The quantitative estimate of drug-likeness (QED) is 0.893. The minimum atomic E-state index is -0.199. The number of nitrogens with zero attached hydrogens (tertiary/aromatic N) is 1. The minimum Gasteiger partial charge on any atom is -0.506 e. The van der Waals surface area contributed by atoms with Crippen LogP contribution in [0.4, 0.5) is 0 Å². The van der Waals surface area contributed by atoms with Crippen molar-refractivity contribution in [3.05, 3.63) is 27.2 Å². The smallest absolute Gasteiger partial charge is 0.257 e. The molecule has 1 N–H and O–H groups in total. The first-order valence-corrected chi connectivity index (χ1v) is 7.20. The van der Waals surface area contributed by atoms with Gasteiger partial charge in [0.2, 0.25) is 0 Å². The molecule has 1 aromatic carbocycles. The first-order valence-electron chi connectivity index (χ1n) is 6.03. The van der Waals surface area contributed by atoms with Crippen molar-refractivity contribution in [1.82, 2.24) is 4.90 Å². The Morgan fingerprint density at radius 3 is 2.68 bits per heavy atom. The number of benzene rings is 1. The van der Waals surface area contributed by atoms with E-state index in [0.29, 0.717) is 22.6 Å². The summed E-state index contributed by atoms with van der Waals surface area (Å²) in [4.78, 5) is 14.1. The van der Waals surface area contributed by atoms with Crippen LogP contribution in [0.25, 0.3) is 0 Å². The van der Waals surface area contributed by atoms with Gasteiger partial charge in [0.15, 0.2) is 0 Å². The van der Waals surface area contributed by atoms with Crippen molar-refractivity contribution in [2.24, 2.45) is 0 Å². The Hall–Kier alpha value is -0.780. The zero-order chi connectivity index (χ0) is 14.0. The van der Waals surface area contributed by atoms with Gasteiger partial charge < -0.3 is 14.7 Å². The SMILES string of the molecule is COC1CCN(C(=O)c2cc(Cl)cc(Br)c2O)CC1. The summed E-state index contributed by atoms with van der Waals surface area (Å²) < 4.78 is 5.70. The van der Waals surface area contributed by atoms with Gasteiger partial charge in [-0.2, -0.15) is 0 Å². The Labute approximate surface area is 125 Å². The maximum atomic E-state index is 12.4. The molecule has 19 heavy (non-hydrogen) atoms. The number of likely N-dealkylation sites (tertiary alicyclic amines) is 1. The van der Waals surface area contributed by atoms with E-state index >= 15 is 0 Å². The number of piperidine rings is 1. The lowest BCUT2D eigenvalue weighted by molar-refractivity contribution is 0.0349. The van der Waals surface area contributed by atoms with Crippen LogP contribution in [-0.2, 0) is 4.74 Å². The summed E-state index contributed by atoms with van der Waals surface area (Å²) in [5, 5.41) is 10.4. The molecule has 1 aliphatic heterocycles. The third-order valence-electron chi connectivity index (χ3n) is 3.32. The van der Waals surface area contributed by atoms with E-state index in [4.69, 9.17) is 16.3 Å². The fourth-order valence-corrected chi connectivity index (χ4v) is 3.00. The molecule has 0 aliphatic carbocycles. The Kier molecular flexibility index (Phi) is 4.71. The Balaban J connectivity index is 2.17. The number of aromatic hydroxyl groups is 1. The van der Waals surface area contributed by atoms with Crippen LogP contribution in [0.1, 0.15) is 23.2 Å². The fraction of sp³-hybridized carbons (Fsp3) is 0.462. The first kappa shape index (κ1) is 14.6. The Bertz CT molecular complexity index is 487. The van der Waals surface area contributed by atoms with Crippen LogP contribution in [0.5, 0.6) is 5.75 Å². The van der Waals surface area contributed by atoms with E-state index in [0.717, 1.165) is 12.8 Å².